The number of hydrogen-bond acceptors (Lipinski definition) is 2. The lowest BCUT2D eigenvalue weighted by molar-refractivity contribution is -0.172. The van der Waals surface area contributed by atoms with Crippen LogP contribution in [0.1, 0.15) is 46.0 Å². The minimum Gasteiger partial charge on any atom is -0.479 e. The lowest BCUT2D eigenvalue weighted by Gasteiger charge is -2.33. The fourth-order valence-corrected chi connectivity index (χ4v) is 1.87. The molecule has 1 fully saturated rings. The molecule has 82 valence electrons. The van der Waals surface area contributed by atoms with Crippen molar-refractivity contribution < 1.29 is 14.6 Å². The second kappa shape index (κ2) is 4.78. The molecular weight excluding hydrogens is 180 g/mol. The molecule has 0 aromatic carbocycles. The molecular formula is C11H20O3. The van der Waals surface area contributed by atoms with Crippen molar-refractivity contribution in [2.75, 3.05) is 6.61 Å². The zero-order valence-electron chi connectivity index (χ0n) is 9.08. The van der Waals surface area contributed by atoms with Crippen molar-refractivity contribution in [1.82, 2.24) is 0 Å². The van der Waals surface area contributed by atoms with E-state index in [1.807, 2.05) is 13.8 Å². The van der Waals surface area contributed by atoms with Gasteiger partial charge in [-0.05, 0) is 31.6 Å². The van der Waals surface area contributed by atoms with Crippen LogP contribution in [0.4, 0.5) is 0 Å². The Morgan fingerprint density at radius 2 is 1.93 bits per heavy atom. The summed E-state index contributed by atoms with van der Waals surface area (Å²) in [5.41, 5.74) is -0.872. The summed E-state index contributed by atoms with van der Waals surface area (Å²) in [5, 5.41) is 9.18. The van der Waals surface area contributed by atoms with Gasteiger partial charge in [-0.2, -0.15) is 0 Å². The van der Waals surface area contributed by atoms with E-state index in [1.165, 1.54) is 0 Å². The second-order valence-electron chi connectivity index (χ2n) is 4.56. The van der Waals surface area contributed by atoms with Crippen molar-refractivity contribution in [2.45, 2.75) is 51.6 Å². The first kappa shape index (κ1) is 11.5. The lowest BCUT2D eigenvalue weighted by atomic mass is 9.84. The summed E-state index contributed by atoms with van der Waals surface area (Å²) in [6.45, 7) is 4.63. The van der Waals surface area contributed by atoms with Gasteiger partial charge in [0.15, 0.2) is 5.60 Å². The Bertz CT molecular complexity index is 193. The Labute approximate surface area is 85.5 Å². The summed E-state index contributed by atoms with van der Waals surface area (Å²) < 4.78 is 5.59. The number of ether oxygens (including phenoxy) is 1. The Morgan fingerprint density at radius 3 is 2.36 bits per heavy atom. The molecule has 0 amide bonds. The highest BCUT2D eigenvalue weighted by Crippen LogP contribution is 2.32. The van der Waals surface area contributed by atoms with Crippen LogP contribution in [0.3, 0.4) is 0 Å². The van der Waals surface area contributed by atoms with Crippen LogP contribution in [-0.4, -0.2) is 23.3 Å². The molecule has 0 aliphatic heterocycles. The van der Waals surface area contributed by atoms with Gasteiger partial charge in [-0.1, -0.05) is 20.3 Å². The molecule has 3 nitrogen and oxygen atoms in total. The third-order valence-corrected chi connectivity index (χ3v) is 2.74. The van der Waals surface area contributed by atoms with Crippen molar-refractivity contribution >= 4 is 5.97 Å². The maximum Gasteiger partial charge on any atom is 0.335 e. The second-order valence-corrected chi connectivity index (χ2v) is 4.56. The zero-order valence-corrected chi connectivity index (χ0v) is 9.08. The summed E-state index contributed by atoms with van der Waals surface area (Å²) in [6, 6.07) is 0. The molecule has 0 spiro atoms. The van der Waals surface area contributed by atoms with Gasteiger partial charge in [-0.15, -0.1) is 0 Å². The fraction of sp³-hybridized carbons (Fsp3) is 0.909. The molecule has 1 aliphatic carbocycles. The van der Waals surface area contributed by atoms with Crippen LogP contribution in [0.2, 0.25) is 0 Å². The van der Waals surface area contributed by atoms with E-state index < -0.39 is 11.6 Å². The van der Waals surface area contributed by atoms with Gasteiger partial charge in [-0.25, -0.2) is 4.79 Å². The van der Waals surface area contributed by atoms with E-state index in [2.05, 4.69) is 0 Å². The van der Waals surface area contributed by atoms with Gasteiger partial charge in [-0.3, -0.25) is 0 Å². The topological polar surface area (TPSA) is 46.5 Å². The normalized spacial score (nSPS) is 21.1. The number of aliphatic carboxylic acids is 1. The van der Waals surface area contributed by atoms with Gasteiger partial charge in [0.25, 0.3) is 0 Å². The monoisotopic (exact) mass is 200 g/mol. The van der Waals surface area contributed by atoms with Crippen molar-refractivity contribution in [3.8, 4) is 0 Å². The number of carbonyl (C=O) groups is 1. The van der Waals surface area contributed by atoms with Crippen LogP contribution >= 0.6 is 0 Å². The van der Waals surface area contributed by atoms with Gasteiger partial charge in [0.1, 0.15) is 0 Å². The number of rotatable bonds is 4. The van der Waals surface area contributed by atoms with Crippen LogP contribution in [0.5, 0.6) is 0 Å². The summed E-state index contributed by atoms with van der Waals surface area (Å²) in [4.78, 5) is 11.2. The first-order valence-electron chi connectivity index (χ1n) is 5.44. The SMILES string of the molecule is CC(C)COC1(C(=O)O)CCCCC1. The predicted molar refractivity (Wildman–Crippen MR) is 54.2 cm³/mol. The lowest BCUT2D eigenvalue weighted by Crippen LogP contribution is -2.44. The highest BCUT2D eigenvalue weighted by Gasteiger charge is 2.40. The van der Waals surface area contributed by atoms with Crippen molar-refractivity contribution in [1.29, 1.82) is 0 Å². The molecule has 3 heteroatoms. The first-order chi connectivity index (χ1) is 6.57. The number of carboxylic acids is 1. The number of carboxylic acid groups (broad SMARTS) is 1. The van der Waals surface area contributed by atoms with Crippen molar-refractivity contribution in [2.24, 2.45) is 5.92 Å². The van der Waals surface area contributed by atoms with E-state index in [4.69, 9.17) is 4.74 Å². The van der Waals surface area contributed by atoms with E-state index in [0.29, 0.717) is 25.4 Å². The Kier molecular flexibility index (Phi) is 3.93. The summed E-state index contributed by atoms with van der Waals surface area (Å²) in [7, 11) is 0. The molecule has 1 aliphatic rings. The standard InChI is InChI=1S/C11H20O3/c1-9(2)8-14-11(10(12)13)6-4-3-5-7-11/h9H,3-8H2,1-2H3,(H,12,13). The Morgan fingerprint density at radius 1 is 1.36 bits per heavy atom. The van der Waals surface area contributed by atoms with E-state index in [1.54, 1.807) is 0 Å². The Balaban J connectivity index is 2.56. The van der Waals surface area contributed by atoms with E-state index in [0.717, 1.165) is 19.3 Å². The van der Waals surface area contributed by atoms with E-state index in [9.17, 15) is 9.90 Å². The van der Waals surface area contributed by atoms with Gasteiger partial charge in [0, 0.05) is 0 Å². The van der Waals surface area contributed by atoms with Crippen molar-refractivity contribution in [3.05, 3.63) is 0 Å². The van der Waals surface area contributed by atoms with Gasteiger partial charge < -0.3 is 9.84 Å². The quantitative estimate of drug-likeness (QED) is 0.758. The maximum absolute atomic E-state index is 11.2. The molecule has 1 N–H and O–H groups in total. The molecule has 0 bridgehead atoms. The first-order valence-corrected chi connectivity index (χ1v) is 5.44. The zero-order chi connectivity index (χ0) is 10.6. The molecule has 0 radical (unpaired) electrons. The van der Waals surface area contributed by atoms with E-state index >= 15 is 0 Å². The minimum atomic E-state index is -0.872. The van der Waals surface area contributed by atoms with Gasteiger partial charge in [0.05, 0.1) is 6.61 Å². The molecule has 14 heavy (non-hydrogen) atoms. The molecule has 1 saturated carbocycles. The van der Waals surface area contributed by atoms with Crippen molar-refractivity contribution in [3.63, 3.8) is 0 Å². The van der Waals surface area contributed by atoms with Crippen LogP contribution in [0, 0.1) is 5.92 Å². The molecule has 0 saturated heterocycles. The van der Waals surface area contributed by atoms with Gasteiger partial charge in [0.2, 0.25) is 0 Å². The molecule has 0 aromatic heterocycles. The van der Waals surface area contributed by atoms with Crippen LogP contribution in [-0.2, 0) is 9.53 Å². The third-order valence-electron chi connectivity index (χ3n) is 2.74. The molecule has 1 rings (SSSR count). The van der Waals surface area contributed by atoms with E-state index in [-0.39, 0.29) is 0 Å². The summed E-state index contributed by atoms with van der Waals surface area (Å²) >= 11 is 0. The van der Waals surface area contributed by atoms with Crippen LogP contribution in [0.15, 0.2) is 0 Å². The maximum atomic E-state index is 11.2. The largest absolute Gasteiger partial charge is 0.479 e. The number of hydrogen-bond donors (Lipinski definition) is 1. The Hall–Kier alpha value is -0.570. The summed E-state index contributed by atoms with van der Waals surface area (Å²) in [5.74, 6) is -0.383. The molecule has 0 aromatic rings. The average Bonchev–Trinajstić information content (AvgIpc) is 2.16. The van der Waals surface area contributed by atoms with Crippen LogP contribution < -0.4 is 0 Å². The summed E-state index contributed by atoms with van der Waals surface area (Å²) in [6.07, 6.45) is 4.44. The third kappa shape index (κ3) is 2.71. The average molecular weight is 200 g/mol. The smallest absolute Gasteiger partial charge is 0.335 e. The predicted octanol–water partition coefficient (Wildman–Crippen LogP) is 2.45. The minimum absolute atomic E-state index is 0.396. The van der Waals surface area contributed by atoms with Gasteiger partial charge >= 0.3 is 5.97 Å². The van der Waals surface area contributed by atoms with Crippen LogP contribution in [0.25, 0.3) is 0 Å². The molecule has 0 unspecified atom stereocenters. The highest BCUT2D eigenvalue weighted by atomic mass is 16.5. The highest BCUT2D eigenvalue weighted by molar-refractivity contribution is 5.77. The fourth-order valence-electron chi connectivity index (χ4n) is 1.87. The molecule has 0 heterocycles. The molecule has 0 atom stereocenters.